The fraction of sp³-hybridized carbons (Fsp3) is 0.571. The number of hydrogen-bond acceptors (Lipinski definition) is 3. The summed E-state index contributed by atoms with van der Waals surface area (Å²) in [6.07, 6.45) is 1.88. The number of aliphatic hydroxyl groups is 1. The summed E-state index contributed by atoms with van der Waals surface area (Å²) in [5, 5.41) is 11.2. The van der Waals surface area contributed by atoms with Gasteiger partial charge < -0.3 is 9.84 Å². The summed E-state index contributed by atoms with van der Waals surface area (Å²) in [6, 6.07) is 5.20. The van der Waals surface area contributed by atoms with E-state index in [9.17, 15) is 5.11 Å². The van der Waals surface area contributed by atoms with Gasteiger partial charge in [0.1, 0.15) is 12.4 Å². The Morgan fingerprint density at radius 3 is 2.74 bits per heavy atom. The van der Waals surface area contributed by atoms with E-state index in [1.54, 1.807) is 18.2 Å². The Bertz CT molecular complexity index is 433. The summed E-state index contributed by atoms with van der Waals surface area (Å²) in [5.41, 5.74) is -0.479. The maximum Gasteiger partial charge on any atom is 0.138 e. The second kappa shape index (κ2) is 6.31. The van der Waals surface area contributed by atoms with E-state index < -0.39 is 5.60 Å². The Kier molecular flexibility index (Phi) is 4.96. The molecule has 0 radical (unpaired) electrons. The third-order valence-electron chi connectivity index (χ3n) is 3.31. The molecule has 1 aromatic rings. The van der Waals surface area contributed by atoms with Gasteiger partial charge in [0.2, 0.25) is 0 Å². The summed E-state index contributed by atoms with van der Waals surface area (Å²) in [4.78, 5) is 2.18. The second-order valence-electron chi connectivity index (χ2n) is 5.11. The van der Waals surface area contributed by atoms with Crippen LogP contribution in [-0.4, -0.2) is 41.8 Å². The molecule has 1 saturated heterocycles. The van der Waals surface area contributed by atoms with Gasteiger partial charge in [-0.2, -0.15) is 0 Å². The molecule has 1 aliphatic rings. The lowest BCUT2D eigenvalue weighted by Crippen LogP contribution is -2.62. The number of hydrogen-bond donors (Lipinski definition) is 1. The van der Waals surface area contributed by atoms with Crippen LogP contribution in [0, 0.1) is 0 Å². The van der Waals surface area contributed by atoms with Crippen molar-refractivity contribution < 1.29 is 9.84 Å². The van der Waals surface area contributed by atoms with E-state index >= 15 is 0 Å². The van der Waals surface area contributed by atoms with Gasteiger partial charge in [-0.05, 0) is 24.6 Å². The van der Waals surface area contributed by atoms with E-state index in [4.69, 9.17) is 27.9 Å². The second-order valence-corrected chi connectivity index (χ2v) is 5.95. The molecular formula is C14H19Cl2NO2. The summed E-state index contributed by atoms with van der Waals surface area (Å²) in [7, 11) is 0. The topological polar surface area (TPSA) is 32.7 Å². The van der Waals surface area contributed by atoms with Crippen LogP contribution in [0.5, 0.6) is 5.75 Å². The molecule has 0 spiro atoms. The lowest BCUT2D eigenvalue weighted by molar-refractivity contribution is -0.105. The third kappa shape index (κ3) is 3.99. The Morgan fingerprint density at radius 1 is 1.37 bits per heavy atom. The summed E-state index contributed by atoms with van der Waals surface area (Å²) in [6.45, 7) is 4.91. The quantitative estimate of drug-likeness (QED) is 0.876. The summed E-state index contributed by atoms with van der Waals surface area (Å²) < 4.78 is 5.61. The molecule has 1 aromatic carbocycles. The maximum absolute atomic E-state index is 10.1. The summed E-state index contributed by atoms with van der Waals surface area (Å²) >= 11 is 11.8. The minimum Gasteiger partial charge on any atom is -0.491 e. The van der Waals surface area contributed by atoms with Gasteiger partial charge in [0.05, 0.1) is 10.6 Å². The highest BCUT2D eigenvalue weighted by molar-refractivity contribution is 6.35. The lowest BCUT2D eigenvalue weighted by Gasteiger charge is -2.46. The lowest BCUT2D eigenvalue weighted by atomic mass is 9.89. The number of likely N-dealkylation sites (tertiary alicyclic amines) is 1. The molecule has 19 heavy (non-hydrogen) atoms. The molecule has 106 valence electrons. The van der Waals surface area contributed by atoms with Crippen LogP contribution in [0.1, 0.15) is 19.8 Å². The number of ether oxygens (including phenoxy) is 1. The van der Waals surface area contributed by atoms with Crippen molar-refractivity contribution in [2.24, 2.45) is 0 Å². The zero-order valence-corrected chi connectivity index (χ0v) is 12.5. The van der Waals surface area contributed by atoms with Crippen molar-refractivity contribution in [1.82, 2.24) is 4.90 Å². The fourth-order valence-corrected chi connectivity index (χ4v) is 2.91. The molecule has 3 nitrogen and oxygen atoms in total. The molecule has 0 aliphatic carbocycles. The Morgan fingerprint density at radius 2 is 2.11 bits per heavy atom. The average molecular weight is 304 g/mol. The van der Waals surface area contributed by atoms with E-state index in [1.807, 2.05) is 0 Å². The van der Waals surface area contributed by atoms with Crippen molar-refractivity contribution in [1.29, 1.82) is 0 Å². The highest BCUT2D eigenvalue weighted by Gasteiger charge is 2.39. The van der Waals surface area contributed by atoms with Crippen molar-refractivity contribution in [3.8, 4) is 5.75 Å². The molecule has 0 atom stereocenters. The fourth-order valence-electron chi connectivity index (χ4n) is 2.44. The van der Waals surface area contributed by atoms with Crippen LogP contribution in [-0.2, 0) is 0 Å². The Balaban J connectivity index is 1.71. The van der Waals surface area contributed by atoms with Crippen LogP contribution in [0.25, 0.3) is 0 Å². The standard InChI is InChI=1S/C14H19Cl2NO2/c1-2-5-14(18)9-17(10-14)6-7-19-13-4-3-11(15)8-12(13)16/h3-4,8,18H,2,5-7,9-10H2,1H3. The average Bonchev–Trinajstić information content (AvgIpc) is 2.30. The van der Waals surface area contributed by atoms with Crippen molar-refractivity contribution in [3.05, 3.63) is 28.2 Å². The normalized spacial score (nSPS) is 18.1. The van der Waals surface area contributed by atoms with Crippen LogP contribution >= 0.6 is 23.2 Å². The van der Waals surface area contributed by atoms with Gasteiger partial charge in [0, 0.05) is 24.7 Å². The first-order valence-electron chi connectivity index (χ1n) is 6.55. The minimum atomic E-state index is -0.479. The van der Waals surface area contributed by atoms with Crippen LogP contribution < -0.4 is 4.74 Å². The highest BCUT2D eigenvalue weighted by atomic mass is 35.5. The monoisotopic (exact) mass is 303 g/mol. The number of nitrogens with zero attached hydrogens (tertiary/aromatic N) is 1. The molecular weight excluding hydrogens is 285 g/mol. The van der Waals surface area contributed by atoms with E-state index in [-0.39, 0.29) is 0 Å². The zero-order valence-electron chi connectivity index (χ0n) is 11.0. The number of β-amino-alcohol motifs (C(OH)–C–C–N with tert-alkyl or cyclic N) is 1. The summed E-state index contributed by atoms with van der Waals surface area (Å²) in [5.74, 6) is 0.649. The van der Waals surface area contributed by atoms with Gasteiger partial charge >= 0.3 is 0 Å². The van der Waals surface area contributed by atoms with Gasteiger partial charge in [0.25, 0.3) is 0 Å². The first-order valence-corrected chi connectivity index (χ1v) is 7.30. The predicted octanol–water partition coefficient (Wildman–Crippen LogP) is 3.22. The molecule has 5 heteroatoms. The first kappa shape index (κ1) is 14.9. The first-order chi connectivity index (χ1) is 9.02. The van der Waals surface area contributed by atoms with Gasteiger partial charge in [-0.3, -0.25) is 4.90 Å². The molecule has 1 N–H and O–H groups in total. The van der Waals surface area contributed by atoms with Crippen LogP contribution in [0.3, 0.4) is 0 Å². The Labute approximate surface area is 124 Å². The molecule has 1 fully saturated rings. The molecule has 0 bridgehead atoms. The molecule has 1 heterocycles. The van der Waals surface area contributed by atoms with Gasteiger partial charge in [-0.25, -0.2) is 0 Å². The van der Waals surface area contributed by atoms with E-state index in [0.717, 1.165) is 32.5 Å². The third-order valence-corrected chi connectivity index (χ3v) is 3.84. The predicted molar refractivity (Wildman–Crippen MR) is 78.3 cm³/mol. The molecule has 0 amide bonds. The smallest absolute Gasteiger partial charge is 0.138 e. The highest BCUT2D eigenvalue weighted by Crippen LogP contribution is 2.28. The number of benzene rings is 1. The van der Waals surface area contributed by atoms with Crippen molar-refractivity contribution in [2.75, 3.05) is 26.2 Å². The van der Waals surface area contributed by atoms with Crippen molar-refractivity contribution >= 4 is 23.2 Å². The largest absolute Gasteiger partial charge is 0.491 e. The van der Waals surface area contributed by atoms with Gasteiger partial charge in [-0.15, -0.1) is 0 Å². The Hall–Kier alpha value is -0.480. The van der Waals surface area contributed by atoms with Crippen molar-refractivity contribution in [2.45, 2.75) is 25.4 Å². The van der Waals surface area contributed by atoms with Crippen LogP contribution in [0.15, 0.2) is 18.2 Å². The van der Waals surface area contributed by atoms with Crippen LogP contribution in [0.2, 0.25) is 10.0 Å². The molecule has 0 aromatic heterocycles. The molecule has 0 saturated carbocycles. The molecule has 2 rings (SSSR count). The van der Waals surface area contributed by atoms with E-state index in [2.05, 4.69) is 11.8 Å². The molecule has 0 unspecified atom stereocenters. The van der Waals surface area contributed by atoms with Crippen molar-refractivity contribution in [3.63, 3.8) is 0 Å². The number of rotatable bonds is 6. The minimum absolute atomic E-state index is 0.479. The number of halogens is 2. The van der Waals surface area contributed by atoms with Gasteiger partial charge in [-0.1, -0.05) is 36.5 Å². The maximum atomic E-state index is 10.1. The van der Waals surface area contributed by atoms with Gasteiger partial charge in [0.15, 0.2) is 0 Å². The zero-order chi connectivity index (χ0) is 13.9. The van der Waals surface area contributed by atoms with E-state index in [0.29, 0.717) is 22.4 Å². The van der Waals surface area contributed by atoms with E-state index in [1.165, 1.54) is 0 Å². The SMILES string of the molecule is CCCC1(O)CN(CCOc2ccc(Cl)cc2Cl)C1. The van der Waals surface area contributed by atoms with Crippen LogP contribution in [0.4, 0.5) is 0 Å². The molecule has 1 aliphatic heterocycles.